The van der Waals surface area contributed by atoms with Crippen molar-refractivity contribution in [2.45, 2.75) is 20.3 Å². The molecule has 2 aromatic heterocycles. The number of H-pyrrole nitrogens is 1. The van der Waals surface area contributed by atoms with Gasteiger partial charge in [-0.1, -0.05) is 54.9 Å². The Morgan fingerprint density at radius 1 is 1.12 bits per heavy atom. The summed E-state index contributed by atoms with van der Waals surface area (Å²) >= 11 is 7.76. The van der Waals surface area contributed by atoms with Crippen molar-refractivity contribution >= 4 is 33.2 Å². The van der Waals surface area contributed by atoms with Crippen LogP contribution in [0.25, 0.3) is 32.7 Å². The number of hydrogen-bond donors (Lipinski definition) is 1. The normalized spacial score (nSPS) is 11.2. The zero-order chi connectivity index (χ0) is 18.3. The standard InChI is InChI=1S/C21H17ClN2OS/c1-3-16-17(14-9-10-15(22)12(2)11-14)18-20(25)23-19(24-21(18)26-16)13-7-5-4-6-8-13/h4-11H,3H2,1-2H3,(H,23,24,25). The Kier molecular flexibility index (Phi) is 4.39. The van der Waals surface area contributed by atoms with Crippen LogP contribution in [0.15, 0.2) is 53.3 Å². The molecule has 0 saturated heterocycles. The Morgan fingerprint density at radius 2 is 1.88 bits per heavy atom. The molecule has 0 aliphatic carbocycles. The van der Waals surface area contributed by atoms with Crippen molar-refractivity contribution in [1.82, 2.24) is 9.97 Å². The van der Waals surface area contributed by atoms with Crippen molar-refractivity contribution in [3.8, 4) is 22.5 Å². The molecule has 0 fully saturated rings. The summed E-state index contributed by atoms with van der Waals surface area (Å²) in [7, 11) is 0. The highest BCUT2D eigenvalue weighted by Crippen LogP contribution is 2.38. The van der Waals surface area contributed by atoms with Gasteiger partial charge in [-0.25, -0.2) is 4.98 Å². The Hall–Kier alpha value is -2.43. The summed E-state index contributed by atoms with van der Waals surface area (Å²) in [4.78, 5) is 22.6. The molecule has 0 atom stereocenters. The molecule has 26 heavy (non-hydrogen) atoms. The van der Waals surface area contributed by atoms with Crippen LogP contribution in [-0.2, 0) is 6.42 Å². The molecule has 2 aromatic carbocycles. The van der Waals surface area contributed by atoms with Crippen LogP contribution < -0.4 is 5.56 Å². The highest BCUT2D eigenvalue weighted by molar-refractivity contribution is 7.19. The first-order valence-corrected chi connectivity index (χ1v) is 9.65. The summed E-state index contributed by atoms with van der Waals surface area (Å²) in [6.07, 6.45) is 0.845. The van der Waals surface area contributed by atoms with Crippen LogP contribution in [0.5, 0.6) is 0 Å². The molecule has 4 rings (SSSR count). The molecule has 5 heteroatoms. The molecule has 2 heterocycles. The summed E-state index contributed by atoms with van der Waals surface area (Å²) in [5.74, 6) is 0.603. The molecule has 0 radical (unpaired) electrons. The van der Waals surface area contributed by atoms with Crippen molar-refractivity contribution in [1.29, 1.82) is 0 Å². The molecule has 0 unspecified atom stereocenters. The first-order valence-electron chi connectivity index (χ1n) is 8.46. The third-order valence-corrected chi connectivity index (χ3v) is 6.10. The molecule has 0 spiro atoms. The third-order valence-electron chi connectivity index (χ3n) is 4.45. The van der Waals surface area contributed by atoms with Crippen LogP contribution in [0.4, 0.5) is 0 Å². The zero-order valence-corrected chi connectivity index (χ0v) is 16.0. The monoisotopic (exact) mass is 380 g/mol. The lowest BCUT2D eigenvalue weighted by Gasteiger charge is -2.06. The highest BCUT2D eigenvalue weighted by atomic mass is 35.5. The van der Waals surface area contributed by atoms with E-state index in [1.54, 1.807) is 11.3 Å². The van der Waals surface area contributed by atoms with Crippen LogP contribution in [-0.4, -0.2) is 9.97 Å². The van der Waals surface area contributed by atoms with Crippen molar-refractivity contribution in [3.05, 3.63) is 74.3 Å². The average molecular weight is 381 g/mol. The van der Waals surface area contributed by atoms with Gasteiger partial charge in [0.2, 0.25) is 0 Å². The lowest BCUT2D eigenvalue weighted by atomic mass is 10.0. The fourth-order valence-corrected chi connectivity index (χ4v) is 4.39. The average Bonchev–Trinajstić information content (AvgIpc) is 3.04. The maximum Gasteiger partial charge on any atom is 0.260 e. The molecule has 1 N–H and O–H groups in total. The van der Waals surface area contributed by atoms with E-state index in [-0.39, 0.29) is 5.56 Å². The van der Waals surface area contributed by atoms with E-state index in [2.05, 4.69) is 11.9 Å². The molecule has 0 amide bonds. The summed E-state index contributed by atoms with van der Waals surface area (Å²) in [6, 6.07) is 15.6. The van der Waals surface area contributed by atoms with Crippen LogP contribution in [0.1, 0.15) is 17.4 Å². The molecule has 0 saturated carbocycles. The summed E-state index contributed by atoms with van der Waals surface area (Å²) in [5, 5.41) is 1.39. The molecule has 0 aliphatic heterocycles. The number of aromatic nitrogens is 2. The van der Waals surface area contributed by atoms with E-state index in [0.717, 1.165) is 43.4 Å². The van der Waals surface area contributed by atoms with E-state index in [9.17, 15) is 4.79 Å². The molecule has 0 bridgehead atoms. The van der Waals surface area contributed by atoms with Gasteiger partial charge in [0, 0.05) is 21.0 Å². The number of benzene rings is 2. The number of thiophene rings is 1. The Balaban J connectivity index is 1.99. The molecule has 3 nitrogen and oxygen atoms in total. The smallest absolute Gasteiger partial charge is 0.260 e. The van der Waals surface area contributed by atoms with Crippen LogP contribution in [0, 0.1) is 6.92 Å². The van der Waals surface area contributed by atoms with E-state index >= 15 is 0 Å². The Morgan fingerprint density at radius 3 is 2.58 bits per heavy atom. The minimum absolute atomic E-state index is 0.104. The Bertz CT molecular complexity index is 1160. The third kappa shape index (κ3) is 2.85. The van der Waals surface area contributed by atoms with Gasteiger partial charge in [-0.05, 0) is 36.6 Å². The van der Waals surface area contributed by atoms with Crippen molar-refractivity contribution < 1.29 is 0 Å². The van der Waals surface area contributed by atoms with E-state index in [1.165, 1.54) is 0 Å². The van der Waals surface area contributed by atoms with E-state index in [1.807, 2.05) is 55.5 Å². The van der Waals surface area contributed by atoms with Gasteiger partial charge in [0.15, 0.2) is 0 Å². The van der Waals surface area contributed by atoms with Crippen molar-refractivity contribution in [2.75, 3.05) is 0 Å². The molecule has 0 aliphatic rings. The van der Waals surface area contributed by atoms with Gasteiger partial charge in [0.05, 0.1) is 5.39 Å². The van der Waals surface area contributed by atoms with Gasteiger partial charge in [-0.3, -0.25) is 4.79 Å². The van der Waals surface area contributed by atoms with E-state index in [4.69, 9.17) is 16.6 Å². The van der Waals surface area contributed by atoms with Gasteiger partial charge in [-0.15, -0.1) is 11.3 Å². The van der Waals surface area contributed by atoms with E-state index < -0.39 is 0 Å². The second kappa shape index (κ2) is 6.71. The van der Waals surface area contributed by atoms with Gasteiger partial charge >= 0.3 is 0 Å². The maximum absolute atomic E-state index is 12.9. The quantitative estimate of drug-likeness (QED) is 0.485. The van der Waals surface area contributed by atoms with Gasteiger partial charge in [-0.2, -0.15) is 0 Å². The van der Waals surface area contributed by atoms with Crippen LogP contribution in [0.3, 0.4) is 0 Å². The van der Waals surface area contributed by atoms with Crippen molar-refractivity contribution in [2.24, 2.45) is 0 Å². The number of halogens is 1. The highest BCUT2D eigenvalue weighted by Gasteiger charge is 2.18. The van der Waals surface area contributed by atoms with Crippen LogP contribution >= 0.6 is 22.9 Å². The Labute approximate surface area is 160 Å². The predicted octanol–water partition coefficient (Wildman–Crippen LogP) is 5.84. The second-order valence-corrected chi connectivity index (χ2v) is 7.67. The number of fused-ring (bicyclic) bond motifs is 1. The second-order valence-electron chi connectivity index (χ2n) is 6.18. The fraction of sp³-hybridized carbons (Fsp3) is 0.143. The zero-order valence-electron chi connectivity index (χ0n) is 14.5. The largest absolute Gasteiger partial charge is 0.306 e. The summed E-state index contributed by atoms with van der Waals surface area (Å²) in [6.45, 7) is 4.07. The molecular weight excluding hydrogens is 364 g/mol. The maximum atomic E-state index is 12.9. The van der Waals surface area contributed by atoms with Gasteiger partial charge in [0.25, 0.3) is 5.56 Å². The molecular formula is C21H17ClN2OS. The SMILES string of the molecule is CCc1sc2nc(-c3ccccc3)[nH]c(=O)c2c1-c1ccc(Cl)c(C)c1. The number of rotatable bonds is 3. The first-order chi connectivity index (χ1) is 12.6. The number of nitrogens with zero attached hydrogens (tertiary/aromatic N) is 1. The summed E-state index contributed by atoms with van der Waals surface area (Å²) < 4.78 is 0. The number of hydrogen-bond acceptors (Lipinski definition) is 3. The number of aromatic amines is 1. The first kappa shape index (κ1) is 17.0. The minimum Gasteiger partial charge on any atom is -0.306 e. The topological polar surface area (TPSA) is 45.8 Å². The minimum atomic E-state index is -0.104. The van der Waals surface area contributed by atoms with Gasteiger partial charge < -0.3 is 4.98 Å². The number of aryl methyl sites for hydroxylation is 2. The predicted molar refractivity (Wildman–Crippen MR) is 110 cm³/mol. The van der Waals surface area contributed by atoms with E-state index in [0.29, 0.717) is 11.2 Å². The molecule has 4 aromatic rings. The van der Waals surface area contributed by atoms with Gasteiger partial charge in [0.1, 0.15) is 10.7 Å². The van der Waals surface area contributed by atoms with Crippen LogP contribution in [0.2, 0.25) is 5.02 Å². The lowest BCUT2D eigenvalue weighted by molar-refractivity contribution is 1.18. The van der Waals surface area contributed by atoms with Crippen molar-refractivity contribution in [3.63, 3.8) is 0 Å². The fourth-order valence-electron chi connectivity index (χ4n) is 3.14. The molecule has 130 valence electrons. The number of nitrogens with one attached hydrogen (secondary N) is 1. The summed E-state index contributed by atoms with van der Waals surface area (Å²) in [5.41, 5.74) is 3.78. The lowest BCUT2D eigenvalue weighted by Crippen LogP contribution is -2.09.